The van der Waals surface area contributed by atoms with Crippen molar-refractivity contribution in [1.29, 1.82) is 0 Å². The second kappa shape index (κ2) is 5.62. The van der Waals surface area contributed by atoms with Gasteiger partial charge >= 0.3 is 5.69 Å². The van der Waals surface area contributed by atoms with E-state index in [-0.39, 0.29) is 24.3 Å². The molecule has 0 aliphatic carbocycles. The number of imidazole rings is 1. The van der Waals surface area contributed by atoms with Gasteiger partial charge in [-0.2, -0.15) is 0 Å². The Morgan fingerprint density at radius 2 is 1.85 bits per heavy atom. The third-order valence-electron chi connectivity index (χ3n) is 3.45. The summed E-state index contributed by atoms with van der Waals surface area (Å²) < 4.78 is 4.56. The van der Waals surface area contributed by atoms with Gasteiger partial charge in [0.2, 0.25) is 0 Å². The van der Waals surface area contributed by atoms with E-state index in [2.05, 4.69) is 4.98 Å². The monoisotopic (exact) mass is 279 g/mol. The summed E-state index contributed by atoms with van der Waals surface area (Å²) in [5.74, 6) is 0.798. The highest BCUT2D eigenvalue weighted by Gasteiger charge is 2.18. The van der Waals surface area contributed by atoms with Crippen LogP contribution in [0.15, 0.2) is 9.59 Å². The molecule has 2 N–H and O–H groups in total. The molecule has 110 valence electrons. The van der Waals surface area contributed by atoms with Crippen LogP contribution in [0, 0.1) is 0 Å². The predicted molar refractivity (Wildman–Crippen MR) is 78.0 cm³/mol. The maximum atomic E-state index is 12.5. The Balaban J connectivity index is 2.93. The summed E-state index contributed by atoms with van der Waals surface area (Å²) in [6.45, 7) is 4.98. The fraction of sp³-hybridized carbons (Fsp3) is 0.615. The Kier molecular flexibility index (Phi) is 4.08. The van der Waals surface area contributed by atoms with Crippen LogP contribution >= 0.6 is 0 Å². The molecule has 0 amide bonds. The van der Waals surface area contributed by atoms with Gasteiger partial charge in [0.15, 0.2) is 11.2 Å². The summed E-state index contributed by atoms with van der Waals surface area (Å²) in [7, 11) is 1.81. The first-order chi connectivity index (χ1) is 9.56. The van der Waals surface area contributed by atoms with Crippen molar-refractivity contribution in [2.75, 3.05) is 6.54 Å². The van der Waals surface area contributed by atoms with Gasteiger partial charge in [0, 0.05) is 33.1 Å². The van der Waals surface area contributed by atoms with E-state index in [9.17, 15) is 9.59 Å². The predicted octanol–water partition coefficient (Wildman–Crippen LogP) is -0.172. The van der Waals surface area contributed by atoms with Crippen LogP contribution in [0.25, 0.3) is 11.2 Å². The molecule has 0 aromatic carbocycles. The average Bonchev–Trinajstić information content (AvgIpc) is 2.76. The first-order valence-electron chi connectivity index (χ1n) is 6.95. The molecule has 2 rings (SSSR count). The number of rotatable bonds is 5. The van der Waals surface area contributed by atoms with E-state index in [0.717, 1.165) is 12.2 Å². The molecule has 0 radical (unpaired) electrons. The lowest BCUT2D eigenvalue weighted by atomic mass is 10.4. The van der Waals surface area contributed by atoms with Crippen LogP contribution in [0.3, 0.4) is 0 Å². The molecule has 0 fully saturated rings. The standard InChI is InChI=1S/C13H21N5O2/c1-4-7-17-11-10(16(3)9(5-2)15-11)12(19)18(8-6-14)13(17)20/h4-8,14H2,1-3H3. The van der Waals surface area contributed by atoms with Crippen LogP contribution in [0.4, 0.5) is 0 Å². The molecular formula is C13H21N5O2. The molecule has 0 aliphatic heterocycles. The lowest BCUT2D eigenvalue weighted by molar-refractivity contribution is 0.565. The fourth-order valence-electron chi connectivity index (χ4n) is 2.48. The van der Waals surface area contributed by atoms with Crippen molar-refractivity contribution in [3.8, 4) is 0 Å². The smallest absolute Gasteiger partial charge is 0.329 e. The van der Waals surface area contributed by atoms with Crippen LogP contribution in [-0.2, 0) is 26.6 Å². The van der Waals surface area contributed by atoms with E-state index in [1.807, 2.05) is 20.9 Å². The van der Waals surface area contributed by atoms with Gasteiger partial charge in [-0.15, -0.1) is 0 Å². The molecule has 0 saturated heterocycles. The van der Waals surface area contributed by atoms with Crippen LogP contribution in [0.5, 0.6) is 0 Å². The molecule has 0 spiro atoms. The van der Waals surface area contributed by atoms with Gasteiger partial charge in [0.1, 0.15) is 5.82 Å². The van der Waals surface area contributed by atoms with Gasteiger partial charge in [0.05, 0.1) is 0 Å². The maximum absolute atomic E-state index is 12.5. The number of aryl methyl sites for hydroxylation is 3. The van der Waals surface area contributed by atoms with Gasteiger partial charge in [-0.25, -0.2) is 9.78 Å². The van der Waals surface area contributed by atoms with Gasteiger partial charge in [-0.05, 0) is 6.42 Å². The molecule has 2 aromatic rings. The quantitative estimate of drug-likeness (QED) is 0.823. The molecule has 0 bridgehead atoms. The molecule has 7 heteroatoms. The Morgan fingerprint density at radius 1 is 1.15 bits per heavy atom. The van der Waals surface area contributed by atoms with Crippen LogP contribution in [0.2, 0.25) is 0 Å². The molecule has 0 aliphatic rings. The Hall–Kier alpha value is -1.89. The molecule has 2 aromatic heterocycles. The van der Waals surface area contributed by atoms with E-state index in [1.54, 1.807) is 9.13 Å². The summed E-state index contributed by atoms with van der Waals surface area (Å²) in [5.41, 5.74) is 5.83. The number of nitrogens with two attached hydrogens (primary N) is 1. The van der Waals surface area contributed by atoms with Crippen molar-refractivity contribution >= 4 is 11.2 Å². The highest BCUT2D eigenvalue weighted by atomic mass is 16.2. The Bertz CT molecular complexity index is 738. The maximum Gasteiger partial charge on any atom is 0.332 e. The second-order valence-corrected chi connectivity index (χ2v) is 4.79. The third kappa shape index (κ3) is 2.07. The lowest BCUT2D eigenvalue weighted by Gasteiger charge is -2.10. The fourth-order valence-corrected chi connectivity index (χ4v) is 2.48. The van der Waals surface area contributed by atoms with Crippen LogP contribution in [0.1, 0.15) is 26.1 Å². The number of hydrogen-bond donors (Lipinski definition) is 1. The summed E-state index contributed by atoms with van der Waals surface area (Å²) in [6.07, 6.45) is 1.51. The zero-order valence-electron chi connectivity index (χ0n) is 12.2. The van der Waals surface area contributed by atoms with Gasteiger partial charge in [-0.3, -0.25) is 13.9 Å². The minimum atomic E-state index is -0.324. The summed E-state index contributed by atoms with van der Waals surface area (Å²) in [5, 5.41) is 0. The highest BCUT2D eigenvalue weighted by molar-refractivity contribution is 5.71. The molecule has 0 atom stereocenters. The molecular weight excluding hydrogens is 258 g/mol. The topological polar surface area (TPSA) is 87.8 Å². The highest BCUT2D eigenvalue weighted by Crippen LogP contribution is 2.10. The molecule has 0 saturated carbocycles. The van der Waals surface area contributed by atoms with E-state index in [0.29, 0.717) is 24.1 Å². The molecule has 0 unspecified atom stereocenters. The van der Waals surface area contributed by atoms with Crippen molar-refractivity contribution < 1.29 is 0 Å². The van der Waals surface area contributed by atoms with E-state index in [1.165, 1.54) is 4.57 Å². The zero-order chi connectivity index (χ0) is 14.9. The minimum absolute atomic E-state index is 0.226. The van der Waals surface area contributed by atoms with E-state index in [4.69, 9.17) is 5.73 Å². The molecule has 7 nitrogen and oxygen atoms in total. The summed E-state index contributed by atoms with van der Waals surface area (Å²) >= 11 is 0. The lowest BCUT2D eigenvalue weighted by Crippen LogP contribution is -2.42. The van der Waals surface area contributed by atoms with Crippen molar-refractivity contribution in [2.45, 2.75) is 39.8 Å². The first-order valence-corrected chi connectivity index (χ1v) is 6.95. The molecule has 20 heavy (non-hydrogen) atoms. The minimum Gasteiger partial charge on any atom is -0.329 e. The van der Waals surface area contributed by atoms with Crippen LogP contribution in [-0.4, -0.2) is 25.2 Å². The van der Waals surface area contributed by atoms with Crippen molar-refractivity contribution in [1.82, 2.24) is 18.7 Å². The summed E-state index contributed by atoms with van der Waals surface area (Å²) in [6, 6.07) is 0. The number of hydrogen-bond acceptors (Lipinski definition) is 4. The van der Waals surface area contributed by atoms with E-state index < -0.39 is 0 Å². The van der Waals surface area contributed by atoms with Crippen LogP contribution < -0.4 is 17.0 Å². The van der Waals surface area contributed by atoms with Crippen molar-refractivity contribution in [3.05, 3.63) is 26.7 Å². The third-order valence-corrected chi connectivity index (χ3v) is 3.45. The van der Waals surface area contributed by atoms with E-state index >= 15 is 0 Å². The zero-order valence-corrected chi connectivity index (χ0v) is 12.2. The Labute approximate surface area is 116 Å². The second-order valence-electron chi connectivity index (χ2n) is 4.79. The molecule has 2 heterocycles. The summed E-state index contributed by atoms with van der Waals surface area (Å²) in [4.78, 5) is 29.3. The van der Waals surface area contributed by atoms with Crippen molar-refractivity contribution in [3.63, 3.8) is 0 Å². The SMILES string of the molecule is CCCn1c(=O)n(CCN)c(=O)c2c1nc(CC)n2C. The number of aromatic nitrogens is 4. The van der Waals surface area contributed by atoms with Crippen molar-refractivity contribution in [2.24, 2.45) is 12.8 Å². The number of nitrogens with zero attached hydrogens (tertiary/aromatic N) is 4. The first kappa shape index (κ1) is 14.5. The number of fused-ring (bicyclic) bond motifs is 1. The Morgan fingerprint density at radius 3 is 2.40 bits per heavy atom. The average molecular weight is 279 g/mol. The van der Waals surface area contributed by atoms with Gasteiger partial charge in [-0.1, -0.05) is 13.8 Å². The van der Waals surface area contributed by atoms with Gasteiger partial charge < -0.3 is 10.3 Å². The normalized spacial score (nSPS) is 11.4. The largest absolute Gasteiger partial charge is 0.332 e. The van der Waals surface area contributed by atoms with Gasteiger partial charge in [0.25, 0.3) is 5.56 Å².